The molecule has 0 aliphatic carbocycles. The first kappa shape index (κ1) is 17.5. The van der Waals surface area contributed by atoms with Crippen LogP contribution in [-0.2, 0) is 6.18 Å². The van der Waals surface area contributed by atoms with Gasteiger partial charge in [0.25, 0.3) is 0 Å². The Hall–Kier alpha value is -3.36. The molecule has 1 heterocycles. The number of hydrogen-bond donors (Lipinski definition) is 1. The zero-order valence-electron chi connectivity index (χ0n) is 13.3. The second-order valence-corrected chi connectivity index (χ2v) is 5.52. The first-order chi connectivity index (χ1) is 12.2. The molecule has 0 fully saturated rings. The standard InChI is InChI=1S/C17H11F3N4O2/c1-9-6-12(8-13(7-9)17(18,19)20)15-23-21-14(22-24-15)10-2-4-11(5-3-10)16(25)26/h2-8H,1H3,(H,25,26). The third-order valence-electron chi connectivity index (χ3n) is 3.53. The van der Waals surface area contributed by atoms with Crippen LogP contribution in [0.25, 0.3) is 22.8 Å². The lowest BCUT2D eigenvalue weighted by atomic mass is 10.1. The van der Waals surface area contributed by atoms with Crippen LogP contribution in [0.5, 0.6) is 0 Å². The minimum atomic E-state index is -4.48. The van der Waals surface area contributed by atoms with Gasteiger partial charge in [-0.2, -0.15) is 13.2 Å². The van der Waals surface area contributed by atoms with Gasteiger partial charge in [0.1, 0.15) is 0 Å². The SMILES string of the molecule is Cc1cc(-c2nnc(-c3ccc(C(=O)O)cc3)nn2)cc(C(F)(F)F)c1. The normalized spacial score (nSPS) is 11.4. The second kappa shape index (κ2) is 6.51. The molecule has 0 aliphatic rings. The molecule has 26 heavy (non-hydrogen) atoms. The Morgan fingerprint density at radius 1 is 0.885 bits per heavy atom. The van der Waals surface area contributed by atoms with Gasteiger partial charge in [-0.15, -0.1) is 20.4 Å². The van der Waals surface area contributed by atoms with Crippen molar-refractivity contribution in [2.75, 3.05) is 0 Å². The maximum Gasteiger partial charge on any atom is 0.416 e. The highest BCUT2D eigenvalue weighted by atomic mass is 19.4. The van der Waals surface area contributed by atoms with E-state index >= 15 is 0 Å². The average Bonchev–Trinajstić information content (AvgIpc) is 2.61. The van der Waals surface area contributed by atoms with Gasteiger partial charge < -0.3 is 5.11 Å². The quantitative estimate of drug-likeness (QED) is 0.767. The lowest BCUT2D eigenvalue weighted by Crippen LogP contribution is -2.06. The van der Waals surface area contributed by atoms with Crippen molar-refractivity contribution in [1.82, 2.24) is 20.4 Å². The van der Waals surface area contributed by atoms with Crippen molar-refractivity contribution in [2.24, 2.45) is 0 Å². The van der Waals surface area contributed by atoms with E-state index in [2.05, 4.69) is 20.4 Å². The van der Waals surface area contributed by atoms with Crippen molar-refractivity contribution in [2.45, 2.75) is 13.1 Å². The van der Waals surface area contributed by atoms with Crippen LogP contribution in [0.4, 0.5) is 13.2 Å². The molecular formula is C17H11F3N4O2. The summed E-state index contributed by atoms with van der Waals surface area (Å²) in [5, 5.41) is 24.3. The summed E-state index contributed by atoms with van der Waals surface area (Å²) in [5.41, 5.74) is 0.355. The molecule has 9 heteroatoms. The van der Waals surface area contributed by atoms with Crippen molar-refractivity contribution in [3.05, 3.63) is 59.2 Å². The van der Waals surface area contributed by atoms with Crippen LogP contribution in [0, 0.1) is 6.92 Å². The fraction of sp³-hybridized carbons (Fsp3) is 0.118. The van der Waals surface area contributed by atoms with Gasteiger partial charge in [-0.1, -0.05) is 12.1 Å². The fourth-order valence-corrected chi connectivity index (χ4v) is 2.30. The van der Waals surface area contributed by atoms with E-state index in [0.29, 0.717) is 11.1 Å². The fourth-order valence-electron chi connectivity index (χ4n) is 2.30. The van der Waals surface area contributed by atoms with E-state index in [9.17, 15) is 18.0 Å². The largest absolute Gasteiger partial charge is 0.478 e. The minimum absolute atomic E-state index is 0.0369. The predicted molar refractivity (Wildman–Crippen MR) is 85.2 cm³/mol. The smallest absolute Gasteiger partial charge is 0.416 e. The van der Waals surface area contributed by atoms with Crippen molar-refractivity contribution >= 4 is 5.97 Å². The van der Waals surface area contributed by atoms with Gasteiger partial charge in [-0.25, -0.2) is 4.79 Å². The van der Waals surface area contributed by atoms with Crippen LogP contribution in [0.15, 0.2) is 42.5 Å². The number of benzene rings is 2. The summed E-state index contributed by atoms with van der Waals surface area (Å²) in [7, 11) is 0. The zero-order chi connectivity index (χ0) is 18.9. The number of aromatic nitrogens is 4. The maximum absolute atomic E-state index is 12.9. The summed E-state index contributed by atoms with van der Waals surface area (Å²) in [6.45, 7) is 1.54. The van der Waals surface area contributed by atoms with E-state index in [4.69, 9.17) is 5.11 Å². The van der Waals surface area contributed by atoms with Gasteiger partial charge in [0.05, 0.1) is 11.1 Å². The molecule has 0 atom stereocenters. The third-order valence-corrected chi connectivity index (χ3v) is 3.53. The van der Waals surface area contributed by atoms with Crippen LogP contribution in [0.3, 0.4) is 0 Å². The zero-order valence-corrected chi connectivity index (χ0v) is 13.3. The molecule has 0 saturated heterocycles. The number of carboxylic acids is 1. The van der Waals surface area contributed by atoms with Crippen LogP contribution < -0.4 is 0 Å². The number of alkyl halides is 3. The number of aryl methyl sites for hydroxylation is 1. The highest BCUT2D eigenvalue weighted by Crippen LogP contribution is 2.32. The van der Waals surface area contributed by atoms with Gasteiger partial charge in [0, 0.05) is 11.1 Å². The first-order valence-corrected chi connectivity index (χ1v) is 7.34. The van der Waals surface area contributed by atoms with Crippen LogP contribution >= 0.6 is 0 Å². The molecule has 0 radical (unpaired) electrons. The maximum atomic E-state index is 12.9. The summed E-state index contributed by atoms with van der Waals surface area (Å²) >= 11 is 0. The number of nitrogens with zero attached hydrogens (tertiary/aromatic N) is 4. The van der Waals surface area contributed by atoms with Crippen LogP contribution in [-0.4, -0.2) is 31.5 Å². The van der Waals surface area contributed by atoms with Crippen molar-refractivity contribution < 1.29 is 23.1 Å². The van der Waals surface area contributed by atoms with Gasteiger partial charge in [-0.3, -0.25) is 0 Å². The summed E-state index contributed by atoms with van der Waals surface area (Å²) in [6, 6.07) is 9.23. The lowest BCUT2D eigenvalue weighted by molar-refractivity contribution is -0.137. The molecule has 3 rings (SSSR count). The van der Waals surface area contributed by atoms with Gasteiger partial charge in [0.2, 0.25) is 11.6 Å². The number of rotatable bonds is 3. The Bertz CT molecular complexity index is 955. The minimum Gasteiger partial charge on any atom is -0.478 e. The van der Waals surface area contributed by atoms with E-state index in [-0.39, 0.29) is 22.8 Å². The average molecular weight is 360 g/mol. The van der Waals surface area contributed by atoms with Gasteiger partial charge in [-0.05, 0) is 42.8 Å². The number of aromatic carboxylic acids is 1. The molecule has 0 spiro atoms. The van der Waals surface area contributed by atoms with Gasteiger partial charge >= 0.3 is 12.1 Å². The highest BCUT2D eigenvalue weighted by Gasteiger charge is 2.31. The molecule has 1 aromatic heterocycles. The van der Waals surface area contributed by atoms with Crippen molar-refractivity contribution in [1.29, 1.82) is 0 Å². The Balaban J connectivity index is 1.93. The molecule has 0 bridgehead atoms. The molecule has 2 aromatic carbocycles. The molecule has 3 aromatic rings. The van der Waals surface area contributed by atoms with E-state index < -0.39 is 17.7 Å². The molecule has 0 saturated carbocycles. The lowest BCUT2D eigenvalue weighted by Gasteiger charge is -2.09. The Labute approximate surface area is 145 Å². The summed E-state index contributed by atoms with van der Waals surface area (Å²) in [6.07, 6.45) is -4.48. The van der Waals surface area contributed by atoms with Crippen LogP contribution in [0.1, 0.15) is 21.5 Å². The van der Waals surface area contributed by atoms with Gasteiger partial charge in [0.15, 0.2) is 0 Å². The summed E-state index contributed by atoms with van der Waals surface area (Å²) < 4.78 is 38.8. The number of hydrogen-bond acceptors (Lipinski definition) is 5. The molecule has 0 unspecified atom stereocenters. The van der Waals surface area contributed by atoms with E-state index in [1.165, 1.54) is 37.3 Å². The van der Waals surface area contributed by atoms with E-state index in [0.717, 1.165) is 12.1 Å². The molecule has 0 aliphatic heterocycles. The molecule has 1 N–H and O–H groups in total. The molecule has 132 valence electrons. The Kier molecular flexibility index (Phi) is 4.37. The van der Waals surface area contributed by atoms with Crippen LogP contribution in [0.2, 0.25) is 0 Å². The first-order valence-electron chi connectivity index (χ1n) is 7.34. The third kappa shape index (κ3) is 3.66. The molecule has 6 nitrogen and oxygen atoms in total. The van der Waals surface area contributed by atoms with E-state index in [1.54, 1.807) is 0 Å². The number of carbonyl (C=O) groups is 1. The number of carboxylic acid groups (broad SMARTS) is 1. The monoisotopic (exact) mass is 360 g/mol. The highest BCUT2D eigenvalue weighted by molar-refractivity contribution is 5.88. The second-order valence-electron chi connectivity index (χ2n) is 5.52. The topological polar surface area (TPSA) is 88.9 Å². The Morgan fingerprint density at radius 3 is 1.92 bits per heavy atom. The molecular weight excluding hydrogens is 349 g/mol. The predicted octanol–water partition coefficient (Wildman–Crippen LogP) is 3.63. The summed E-state index contributed by atoms with van der Waals surface area (Å²) in [4.78, 5) is 10.8. The van der Waals surface area contributed by atoms with E-state index in [1.807, 2.05) is 0 Å². The Morgan fingerprint density at radius 2 is 1.42 bits per heavy atom. The number of halogens is 3. The molecule has 0 amide bonds. The van der Waals surface area contributed by atoms with Crippen molar-refractivity contribution in [3.63, 3.8) is 0 Å². The van der Waals surface area contributed by atoms with Crippen molar-refractivity contribution in [3.8, 4) is 22.8 Å². The summed E-state index contributed by atoms with van der Waals surface area (Å²) in [5.74, 6) is -0.969.